The molecule has 2 bridgehead atoms. The Labute approximate surface area is 166 Å². The normalized spacial score (nSPS) is 27.5. The van der Waals surface area contributed by atoms with E-state index in [1.807, 2.05) is 36.6 Å². The lowest BCUT2D eigenvalue weighted by Gasteiger charge is -2.16. The second kappa shape index (κ2) is 6.38. The first-order chi connectivity index (χ1) is 13.5. The molecule has 1 N–H and O–H groups in total. The van der Waals surface area contributed by atoms with Crippen molar-refractivity contribution in [2.45, 2.75) is 13.3 Å². The van der Waals surface area contributed by atoms with E-state index in [9.17, 15) is 14.4 Å². The predicted molar refractivity (Wildman–Crippen MR) is 105 cm³/mol. The van der Waals surface area contributed by atoms with Crippen LogP contribution in [0.5, 0.6) is 0 Å². The van der Waals surface area contributed by atoms with Crippen molar-refractivity contribution in [1.82, 2.24) is 9.88 Å². The minimum absolute atomic E-state index is 0.154. The Bertz CT molecular complexity index is 980. The number of nitrogens with zero attached hydrogens (tertiary/aromatic N) is 2. The SMILES string of the molecule is Cc1nc(-c2ccc(NC(=O)CN3C(=O)C4C5C=CC(C5)C4C3=O)cc2)cs1. The molecule has 2 aliphatic carbocycles. The molecule has 1 saturated heterocycles. The molecular formula is C21H19N3O3S. The highest BCUT2D eigenvalue weighted by Crippen LogP contribution is 2.52. The van der Waals surface area contributed by atoms with Gasteiger partial charge in [0.2, 0.25) is 17.7 Å². The lowest BCUT2D eigenvalue weighted by atomic mass is 9.85. The van der Waals surface area contributed by atoms with E-state index in [4.69, 9.17) is 0 Å². The molecule has 7 heteroatoms. The van der Waals surface area contributed by atoms with Crippen LogP contribution in [0.3, 0.4) is 0 Å². The number of hydrogen-bond acceptors (Lipinski definition) is 5. The summed E-state index contributed by atoms with van der Waals surface area (Å²) in [5, 5.41) is 5.77. The maximum Gasteiger partial charge on any atom is 0.244 e. The molecule has 4 unspecified atom stereocenters. The summed E-state index contributed by atoms with van der Waals surface area (Å²) in [7, 11) is 0. The first kappa shape index (κ1) is 17.3. The average Bonchev–Trinajstić information content (AvgIpc) is 3.44. The summed E-state index contributed by atoms with van der Waals surface area (Å²) in [6.07, 6.45) is 4.98. The topological polar surface area (TPSA) is 79.4 Å². The highest BCUT2D eigenvalue weighted by Gasteiger charge is 2.59. The molecule has 5 rings (SSSR count). The summed E-state index contributed by atoms with van der Waals surface area (Å²) in [5.74, 6) is -0.984. The molecule has 2 heterocycles. The molecule has 1 saturated carbocycles. The average molecular weight is 393 g/mol. The third-order valence-corrected chi connectivity index (χ3v) is 6.72. The monoisotopic (exact) mass is 393 g/mol. The van der Waals surface area contributed by atoms with Gasteiger partial charge in [-0.15, -0.1) is 11.3 Å². The summed E-state index contributed by atoms with van der Waals surface area (Å²) in [5.41, 5.74) is 2.51. The fourth-order valence-corrected chi connectivity index (χ4v) is 5.31. The fraction of sp³-hybridized carbons (Fsp3) is 0.333. The summed E-state index contributed by atoms with van der Waals surface area (Å²) in [4.78, 5) is 43.3. The zero-order valence-electron chi connectivity index (χ0n) is 15.3. The number of carbonyl (C=O) groups excluding carboxylic acids is 3. The number of likely N-dealkylation sites (tertiary alicyclic amines) is 1. The van der Waals surface area contributed by atoms with E-state index in [0.717, 1.165) is 27.6 Å². The van der Waals surface area contributed by atoms with Crippen molar-refractivity contribution in [3.05, 3.63) is 46.8 Å². The van der Waals surface area contributed by atoms with Crippen molar-refractivity contribution >= 4 is 34.7 Å². The van der Waals surface area contributed by atoms with Crippen LogP contribution in [0.25, 0.3) is 11.3 Å². The Kier molecular flexibility index (Phi) is 3.94. The van der Waals surface area contributed by atoms with Crippen LogP contribution in [0.15, 0.2) is 41.8 Å². The molecule has 0 spiro atoms. The van der Waals surface area contributed by atoms with Crippen LogP contribution < -0.4 is 5.32 Å². The van der Waals surface area contributed by atoms with Crippen molar-refractivity contribution in [2.75, 3.05) is 11.9 Å². The number of nitrogens with one attached hydrogen (secondary N) is 1. The minimum atomic E-state index is -0.362. The van der Waals surface area contributed by atoms with E-state index < -0.39 is 0 Å². The Hall–Kier alpha value is -2.80. The van der Waals surface area contributed by atoms with E-state index in [0.29, 0.717) is 5.69 Å². The van der Waals surface area contributed by atoms with Crippen molar-refractivity contribution in [3.8, 4) is 11.3 Å². The second-order valence-corrected chi connectivity index (χ2v) is 8.70. The largest absolute Gasteiger partial charge is 0.325 e. The molecule has 3 amide bonds. The van der Waals surface area contributed by atoms with Gasteiger partial charge in [-0.05, 0) is 37.3 Å². The zero-order valence-corrected chi connectivity index (χ0v) is 16.1. The van der Waals surface area contributed by atoms with E-state index >= 15 is 0 Å². The number of fused-ring (bicyclic) bond motifs is 5. The van der Waals surface area contributed by atoms with Gasteiger partial charge in [0, 0.05) is 16.6 Å². The van der Waals surface area contributed by atoms with E-state index in [-0.39, 0.29) is 47.9 Å². The highest BCUT2D eigenvalue weighted by atomic mass is 32.1. The van der Waals surface area contributed by atoms with Gasteiger partial charge in [0.1, 0.15) is 6.54 Å². The van der Waals surface area contributed by atoms with Gasteiger partial charge in [0.15, 0.2) is 0 Å². The molecule has 1 aliphatic heterocycles. The third kappa shape index (κ3) is 2.69. The molecule has 3 aliphatic rings. The zero-order chi connectivity index (χ0) is 19.4. The van der Waals surface area contributed by atoms with Crippen molar-refractivity contribution < 1.29 is 14.4 Å². The fourth-order valence-electron chi connectivity index (χ4n) is 4.68. The Balaban J connectivity index is 1.24. The molecule has 1 aromatic heterocycles. The van der Waals surface area contributed by atoms with Crippen molar-refractivity contribution in [1.29, 1.82) is 0 Å². The van der Waals surface area contributed by atoms with Gasteiger partial charge < -0.3 is 5.32 Å². The molecule has 2 fully saturated rings. The van der Waals surface area contributed by atoms with Gasteiger partial charge >= 0.3 is 0 Å². The highest BCUT2D eigenvalue weighted by molar-refractivity contribution is 7.09. The summed E-state index contributed by atoms with van der Waals surface area (Å²) >= 11 is 1.59. The summed E-state index contributed by atoms with van der Waals surface area (Å²) in [6, 6.07) is 7.39. The van der Waals surface area contributed by atoms with Gasteiger partial charge in [0.25, 0.3) is 0 Å². The summed E-state index contributed by atoms with van der Waals surface area (Å²) in [6.45, 7) is 1.73. The Morgan fingerprint density at radius 2 is 1.79 bits per heavy atom. The smallest absolute Gasteiger partial charge is 0.244 e. The number of anilines is 1. The predicted octanol–water partition coefficient (Wildman–Crippen LogP) is 2.86. The van der Waals surface area contributed by atoms with Crippen molar-refractivity contribution in [3.63, 3.8) is 0 Å². The molecule has 4 atom stereocenters. The number of hydrogen-bond donors (Lipinski definition) is 1. The molecule has 142 valence electrons. The first-order valence-corrected chi connectivity index (χ1v) is 10.2. The molecule has 0 radical (unpaired) electrons. The number of amides is 3. The molecule has 6 nitrogen and oxygen atoms in total. The number of aryl methyl sites for hydroxylation is 1. The van der Waals surface area contributed by atoms with Crippen LogP contribution in [0.2, 0.25) is 0 Å². The minimum Gasteiger partial charge on any atom is -0.325 e. The van der Waals surface area contributed by atoms with Crippen LogP contribution in [0.1, 0.15) is 11.4 Å². The molecule has 1 aromatic carbocycles. The first-order valence-electron chi connectivity index (χ1n) is 9.37. The molecule has 2 aromatic rings. The number of allylic oxidation sites excluding steroid dienone is 2. The Morgan fingerprint density at radius 1 is 1.14 bits per heavy atom. The summed E-state index contributed by atoms with van der Waals surface area (Å²) < 4.78 is 0. The Morgan fingerprint density at radius 3 is 2.36 bits per heavy atom. The number of thiazole rings is 1. The lowest BCUT2D eigenvalue weighted by molar-refractivity contribution is -0.143. The van der Waals surface area contributed by atoms with Gasteiger partial charge in [-0.3, -0.25) is 19.3 Å². The van der Waals surface area contributed by atoms with Crippen LogP contribution in [0.4, 0.5) is 5.69 Å². The van der Waals surface area contributed by atoms with E-state index in [1.165, 1.54) is 0 Å². The van der Waals surface area contributed by atoms with E-state index in [1.54, 1.807) is 23.5 Å². The molecular weight excluding hydrogens is 374 g/mol. The number of rotatable bonds is 4. The van der Waals surface area contributed by atoms with Crippen LogP contribution in [-0.2, 0) is 14.4 Å². The molecule has 28 heavy (non-hydrogen) atoms. The van der Waals surface area contributed by atoms with Crippen LogP contribution >= 0.6 is 11.3 Å². The van der Waals surface area contributed by atoms with E-state index in [2.05, 4.69) is 10.3 Å². The van der Waals surface area contributed by atoms with Gasteiger partial charge in [-0.25, -0.2) is 4.98 Å². The lowest BCUT2D eigenvalue weighted by Crippen LogP contribution is -2.39. The number of carbonyl (C=O) groups is 3. The van der Waals surface area contributed by atoms with Crippen molar-refractivity contribution in [2.24, 2.45) is 23.7 Å². The van der Waals surface area contributed by atoms with Gasteiger partial charge in [0.05, 0.1) is 22.5 Å². The maximum absolute atomic E-state index is 12.7. The van der Waals surface area contributed by atoms with Gasteiger partial charge in [-0.1, -0.05) is 24.3 Å². The maximum atomic E-state index is 12.7. The second-order valence-electron chi connectivity index (χ2n) is 7.64. The van der Waals surface area contributed by atoms with Gasteiger partial charge in [-0.2, -0.15) is 0 Å². The number of imide groups is 1. The number of aromatic nitrogens is 1. The quantitative estimate of drug-likeness (QED) is 0.640. The third-order valence-electron chi connectivity index (χ3n) is 5.95. The number of benzene rings is 1. The van der Waals surface area contributed by atoms with Crippen LogP contribution in [0, 0.1) is 30.6 Å². The standard InChI is InChI=1S/C21H19N3O3S/c1-11-22-16(10-28-11)12-4-6-15(7-5-12)23-17(25)9-24-20(26)18-13-2-3-14(8-13)19(18)21(24)27/h2-7,10,13-14,18-19H,8-9H2,1H3,(H,23,25). The van der Waals surface area contributed by atoms with Crippen LogP contribution in [-0.4, -0.2) is 34.2 Å².